The summed E-state index contributed by atoms with van der Waals surface area (Å²) in [6, 6.07) is 0. The highest BCUT2D eigenvalue weighted by Crippen LogP contribution is 2.18. The maximum atomic E-state index is 11.7. The molecule has 2 N–H and O–H groups in total. The molecule has 0 fully saturated rings. The first-order valence-corrected chi connectivity index (χ1v) is 5.34. The lowest BCUT2D eigenvalue weighted by Crippen LogP contribution is -2.32. The molecule has 1 unspecified atom stereocenters. The van der Waals surface area contributed by atoms with E-state index < -0.39 is 25.3 Å². The van der Waals surface area contributed by atoms with E-state index in [2.05, 4.69) is 5.32 Å². The Labute approximate surface area is 94.0 Å². The summed E-state index contributed by atoms with van der Waals surface area (Å²) in [6.07, 6.45) is -5.92. The number of hydrogen-bond donors (Lipinski definition) is 2. The van der Waals surface area contributed by atoms with Crippen molar-refractivity contribution in [2.24, 2.45) is 5.92 Å². The van der Waals surface area contributed by atoms with Crippen molar-refractivity contribution in [3.05, 3.63) is 0 Å². The lowest BCUT2D eigenvalue weighted by molar-refractivity contribution is -0.147. The number of aliphatic hydroxyl groups excluding tert-OH is 1. The van der Waals surface area contributed by atoms with Crippen molar-refractivity contribution in [3.8, 4) is 0 Å². The molecule has 0 heterocycles. The predicted molar refractivity (Wildman–Crippen MR) is 55.2 cm³/mol. The minimum Gasteiger partial charge on any atom is -0.389 e. The van der Waals surface area contributed by atoms with Gasteiger partial charge < -0.3 is 15.2 Å². The molecule has 0 aromatic rings. The average molecular weight is 243 g/mol. The molecule has 0 aromatic carbocycles. The van der Waals surface area contributed by atoms with Crippen LogP contribution in [0.2, 0.25) is 0 Å². The Morgan fingerprint density at radius 1 is 1.25 bits per heavy atom. The first-order chi connectivity index (χ1) is 7.31. The molecule has 1 atom stereocenters. The maximum absolute atomic E-state index is 11.7. The first-order valence-electron chi connectivity index (χ1n) is 5.34. The van der Waals surface area contributed by atoms with E-state index in [-0.39, 0.29) is 6.61 Å². The number of alkyl halides is 3. The lowest BCUT2D eigenvalue weighted by atomic mass is 10.2. The van der Waals surface area contributed by atoms with E-state index in [0.29, 0.717) is 12.5 Å². The van der Waals surface area contributed by atoms with E-state index in [4.69, 9.17) is 4.74 Å². The summed E-state index contributed by atoms with van der Waals surface area (Å²) < 4.78 is 39.9. The summed E-state index contributed by atoms with van der Waals surface area (Å²) in [5.41, 5.74) is 0. The van der Waals surface area contributed by atoms with Gasteiger partial charge in [0.05, 0.1) is 25.7 Å². The minimum atomic E-state index is -4.19. The van der Waals surface area contributed by atoms with Gasteiger partial charge in [0, 0.05) is 6.54 Å². The molecular formula is C10H20F3NO2. The molecule has 0 amide bonds. The molecule has 98 valence electrons. The number of ether oxygens (including phenoxy) is 1. The summed E-state index contributed by atoms with van der Waals surface area (Å²) in [5, 5.41) is 12.3. The van der Waals surface area contributed by atoms with Crippen LogP contribution in [0.5, 0.6) is 0 Å². The second-order valence-electron chi connectivity index (χ2n) is 4.15. The monoisotopic (exact) mass is 243 g/mol. The van der Waals surface area contributed by atoms with E-state index in [1.807, 2.05) is 13.8 Å². The van der Waals surface area contributed by atoms with Crippen LogP contribution >= 0.6 is 0 Å². The summed E-state index contributed by atoms with van der Waals surface area (Å²) >= 11 is 0. The highest BCUT2D eigenvalue weighted by molar-refractivity contribution is 4.60. The van der Waals surface area contributed by atoms with Gasteiger partial charge in [0.1, 0.15) is 0 Å². The molecule has 0 rings (SSSR count). The van der Waals surface area contributed by atoms with Crippen molar-refractivity contribution in [1.82, 2.24) is 5.32 Å². The molecule has 0 aromatic heterocycles. The van der Waals surface area contributed by atoms with Gasteiger partial charge in [-0.2, -0.15) is 13.2 Å². The Hall–Kier alpha value is -0.330. The fraction of sp³-hybridized carbons (Fsp3) is 1.00. The Morgan fingerprint density at radius 2 is 1.88 bits per heavy atom. The van der Waals surface area contributed by atoms with Gasteiger partial charge in [0.2, 0.25) is 0 Å². The van der Waals surface area contributed by atoms with Gasteiger partial charge in [0.15, 0.2) is 0 Å². The molecule has 6 heteroatoms. The highest BCUT2D eigenvalue weighted by atomic mass is 19.4. The van der Waals surface area contributed by atoms with Crippen LogP contribution in [0.1, 0.15) is 20.3 Å². The molecule has 0 aliphatic heterocycles. The molecule has 0 aliphatic rings. The van der Waals surface area contributed by atoms with Crippen molar-refractivity contribution in [1.29, 1.82) is 0 Å². The van der Waals surface area contributed by atoms with Crippen molar-refractivity contribution in [2.75, 3.05) is 26.3 Å². The van der Waals surface area contributed by atoms with Gasteiger partial charge in [-0.15, -0.1) is 0 Å². The number of hydrogen-bond acceptors (Lipinski definition) is 3. The maximum Gasteiger partial charge on any atom is 0.391 e. The first kappa shape index (κ1) is 15.7. The fourth-order valence-electron chi connectivity index (χ4n) is 1.00. The minimum absolute atomic E-state index is 0.0683. The zero-order valence-electron chi connectivity index (χ0n) is 9.68. The van der Waals surface area contributed by atoms with E-state index >= 15 is 0 Å². The summed E-state index contributed by atoms with van der Waals surface area (Å²) in [5.74, 6) is 0.471. The summed E-state index contributed by atoms with van der Waals surface area (Å²) in [4.78, 5) is 0. The summed E-state index contributed by atoms with van der Waals surface area (Å²) in [7, 11) is 0. The smallest absolute Gasteiger partial charge is 0.389 e. The molecule has 0 spiro atoms. The van der Waals surface area contributed by atoms with E-state index in [0.717, 1.165) is 6.54 Å². The van der Waals surface area contributed by atoms with Crippen LogP contribution in [0.25, 0.3) is 0 Å². The summed E-state index contributed by atoms with van der Waals surface area (Å²) in [6.45, 7) is 4.69. The van der Waals surface area contributed by atoms with Crippen molar-refractivity contribution < 1.29 is 23.0 Å². The van der Waals surface area contributed by atoms with Crippen molar-refractivity contribution in [2.45, 2.75) is 32.5 Å². The number of nitrogens with one attached hydrogen (secondary N) is 1. The molecule has 3 nitrogen and oxygen atoms in total. The van der Waals surface area contributed by atoms with Crippen LogP contribution in [0.15, 0.2) is 0 Å². The number of aliphatic hydroxyl groups is 1. The van der Waals surface area contributed by atoms with Gasteiger partial charge >= 0.3 is 6.18 Å². The van der Waals surface area contributed by atoms with E-state index in [9.17, 15) is 18.3 Å². The second kappa shape index (κ2) is 7.86. The molecule has 0 bridgehead atoms. The Kier molecular flexibility index (Phi) is 7.70. The molecule has 0 aliphatic carbocycles. The van der Waals surface area contributed by atoms with Crippen LogP contribution in [-0.2, 0) is 4.74 Å². The van der Waals surface area contributed by atoms with Crippen LogP contribution in [0, 0.1) is 5.92 Å². The molecule has 0 saturated heterocycles. The largest absolute Gasteiger partial charge is 0.391 e. The average Bonchev–Trinajstić information content (AvgIpc) is 2.10. The SMILES string of the molecule is CC(C)CNCC(O)COCCC(F)(F)F. The quantitative estimate of drug-likeness (QED) is 0.636. The van der Waals surface area contributed by atoms with Crippen LogP contribution < -0.4 is 5.32 Å². The lowest BCUT2D eigenvalue weighted by Gasteiger charge is -2.14. The van der Waals surface area contributed by atoms with Gasteiger partial charge in [0.25, 0.3) is 0 Å². The number of halogens is 3. The van der Waals surface area contributed by atoms with Crippen molar-refractivity contribution >= 4 is 0 Å². The fourth-order valence-corrected chi connectivity index (χ4v) is 1.00. The van der Waals surface area contributed by atoms with Gasteiger partial charge in [-0.05, 0) is 12.5 Å². The Bertz CT molecular complexity index is 174. The third-order valence-electron chi connectivity index (χ3n) is 1.77. The number of rotatable bonds is 8. The third-order valence-corrected chi connectivity index (χ3v) is 1.77. The topological polar surface area (TPSA) is 41.5 Å². The van der Waals surface area contributed by atoms with E-state index in [1.165, 1.54) is 0 Å². The third kappa shape index (κ3) is 11.7. The predicted octanol–water partition coefficient (Wildman–Crippen LogP) is 1.56. The Morgan fingerprint density at radius 3 is 2.38 bits per heavy atom. The molecule has 0 saturated carbocycles. The van der Waals surface area contributed by atoms with Gasteiger partial charge in [-0.1, -0.05) is 13.8 Å². The van der Waals surface area contributed by atoms with Crippen LogP contribution in [0.3, 0.4) is 0 Å². The second-order valence-corrected chi connectivity index (χ2v) is 4.15. The molecular weight excluding hydrogens is 223 g/mol. The normalized spacial score (nSPS) is 14.4. The van der Waals surface area contributed by atoms with Crippen LogP contribution in [0.4, 0.5) is 13.2 Å². The molecule has 0 radical (unpaired) electrons. The Balaban J connectivity index is 3.34. The van der Waals surface area contributed by atoms with Crippen LogP contribution in [-0.4, -0.2) is 43.7 Å². The standard InChI is InChI=1S/C10H20F3NO2/c1-8(2)5-14-6-9(15)7-16-4-3-10(11,12)13/h8-9,14-15H,3-7H2,1-2H3. The molecule has 16 heavy (non-hydrogen) atoms. The zero-order valence-corrected chi connectivity index (χ0v) is 9.68. The van der Waals surface area contributed by atoms with Crippen molar-refractivity contribution in [3.63, 3.8) is 0 Å². The highest BCUT2D eigenvalue weighted by Gasteiger charge is 2.26. The van der Waals surface area contributed by atoms with E-state index in [1.54, 1.807) is 0 Å². The van der Waals surface area contributed by atoms with Gasteiger partial charge in [-0.3, -0.25) is 0 Å². The van der Waals surface area contributed by atoms with Gasteiger partial charge in [-0.25, -0.2) is 0 Å². The zero-order chi connectivity index (χ0) is 12.6.